The first-order valence-corrected chi connectivity index (χ1v) is 6.79. The molecule has 1 saturated heterocycles. The second-order valence-electron chi connectivity index (χ2n) is 2.57. The van der Waals surface area contributed by atoms with Crippen LogP contribution in [0.25, 0.3) is 0 Å². The van der Waals surface area contributed by atoms with Crippen molar-refractivity contribution in [3.63, 3.8) is 0 Å². The molecule has 1 aliphatic rings. The van der Waals surface area contributed by atoms with Crippen LogP contribution in [0.15, 0.2) is 0 Å². The van der Waals surface area contributed by atoms with Crippen molar-refractivity contribution in [2.45, 2.75) is 11.7 Å². The smallest absolute Gasteiger partial charge is 0.416 e. The van der Waals surface area contributed by atoms with E-state index in [1.54, 1.807) is 0 Å². The van der Waals surface area contributed by atoms with Crippen LogP contribution in [-0.2, 0) is 27.7 Å². The maximum Gasteiger partial charge on any atom is 0.510 e. The number of rotatable bonds is 4. The van der Waals surface area contributed by atoms with Crippen LogP contribution in [0.5, 0.6) is 0 Å². The summed E-state index contributed by atoms with van der Waals surface area (Å²) in [5.74, 6) is -3.01. The van der Waals surface area contributed by atoms with E-state index in [1.165, 1.54) is 0 Å². The predicted octanol–water partition coefficient (Wildman–Crippen LogP) is 0.758. The lowest BCUT2D eigenvalue weighted by Gasteiger charge is -2.17. The fourth-order valence-electron chi connectivity index (χ4n) is 0.972. The van der Waals surface area contributed by atoms with Crippen molar-refractivity contribution < 1.29 is 37.3 Å². The van der Waals surface area contributed by atoms with Crippen molar-refractivity contribution in [3.05, 3.63) is 0 Å². The molecule has 0 aromatic carbocycles. The van der Waals surface area contributed by atoms with Crippen LogP contribution in [0, 0.1) is 0 Å². The number of cyclic esters (lactones) is 2. The van der Waals surface area contributed by atoms with Gasteiger partial charge in [0.1, 0.15) is 0 Å². The highest BCUT2D eigenvalue weighted by Gasteiger charge is 2.52. The Bertz CT molecular complexity index is 327. The van der Waals surface area contributed by atoms with E-state index in [-0.39, 0.29) is 0 Å². The number of hydrogen-bond acceptors (Lipinski definition) is 7. The van der Waals surface area contributed by atoms with Gasteiger partial charge in [-0.25, -0.2) is 4.79 Å². The molecular weight excluding hydrogens is 250 g/mol. The minimum absolute atomic E-state index is 0.966. The van der Waals surface area contributed by atoms with Gasteiger partial charge in [-0.3, -0.25) is 9.13 Å². The van der Waals surface area contributed by atoms with Crippen molar-refractivity contribution in [1.29, 1.82) is 0 Å². The monoisotopic (exact) mass is 260 g/mol. The lowest BCUT2D eigenvalue weighted by molar-refractivity contribution is 0.121. The van der Waals surface area contributed by atoms with E-state index in [1.807, 2.05) is 0 Å². The predicted molar refractivity (Wildman–Crippen MR) is 48.0 cm³/mol. The topological polar surface area (TPSA) is 108 Å². The summed E-state index contributed by atoms with van der Waals surface area (Å²) in [5, 5.41) is 0. The van der Waals surface area contributed by atoms with Gasteiger partial charge in [0.05, 0.1) is 0 Å². The standard InChI is InChI=1S/C5H10O8P2/c1-10-14(7)3-4(13-5(6)12-3)15(8,9)11-2/h3-4,14H,1-2H3,(H,8,9). The third kappa shape index (κ3) is 2.59. The van der Waals surface area contributed by atoms with Crippen LogP contribution in [-0.4, -0.2) is 37.0 Å². The lowest BCUT2D eigenvalue weighted by atomic mass is 10.8. The van der Waals surface area contributed by atoms with Crippen LogP contribution < -0.4 is 0 Å². The SMILES string of the molecule is CO[PH](=O)C1OC(=O)OC1P(=O)(O)OC. The van der Waals surface area contributed by atoms with Gasteiger partial charge in [-0.15, -0.1) is 0 Å². The molecule has 1 rings (SSSR count). The highest BCUT2D eigenvalue weighted by Crippen LogP contribution is 2.56. The van der Waals surface area contributed by atoms with E-state index >= 15 is 0 Å². The summed E-state index contributed by atoms with van der Waals surface area (Å²) in [6.45, 7) is 0. The second kappa shape index (κ2) is 4.63. The molecule has 1 N–H and O–H groups in total. The summed E-state index contributed by atoms with van der Waals surface area (Å²) in [6, 6.07) is 0. The zero-order valence-corrected chi connectivity index (χ0v) is 9.80. The quantitative estimate of drug-likeness (QED) is 0.582. The summed E-state index contributed by atoms with van der Waals surface area (Å²) in [4.78, 5) is 20.0. The van der Waals surface area contributed by atoms with Crippen LogP contribution in [0.3, 0.4) is 0 Å². The first-order valence-electron chi connectivity index (χ1n) is 3.75. The Hall–Kier alpha value is -0.390. The molecular formula is C5H10O8P2. The van der Waals surface area contributed by atoms with Gasteiger partial charge >= 0.3 is 13.8 Å². The molecule has 0 saturated carbocycles. The van der Waals surface area contributed by atoms with Gasteiger partial charge < -0.3 is 23.4 Å². The third-order valence-corrected chi connectivity index (χ3v) is 4.83. The van der Waals surface area contributed by atoms with Gasteiger partial charge in [-0.1, -0.05) is 0 Å². The summed E-state index contributed by atoms with van der Waals surface area (Å²) in [6.07, 6.45) is -1.17. The number of ether oxygens (including phenoxy) is 2. The van der Waals surface area contributed by atoms with Crippen molar-refractivity contribution in [2.24, 2.45) is 0 Å². The van der Waals surface area contributed by atoms with E-state index in [0.717, 1.165) is 14.2 Å². The Morgan fingerprint density at radius 2 is 2.07 bits per heavy atom. The lowest BCUT2D eigenvalue weighted by Crippen LogP contribution is -2.20. The molecule has 0 bridgehead atoms. The van der Waals surface area contributed by atoms with Crippen molar-refractivity contribution in [2.75, 3.05) is 14.2 Å². The maximum atomic E-state index is 11.4. The summed E-state index contributed by atoms with van der Waals surface area (Å²) >= 11 is 0. The molecule has 1 aliphatic heterocycles. The van der Waals surface area contributed by atoms with Gasteiger partial charge in [0.15, 0.2) is 0 Å². The Morgan fingerprint density at radius 1 is 1.47 bits per heavy atom. The molecule has 0 amide bonds. The van der Waals surface area contributed by atoms with Crippen LogP contribution >= 0.6 is 15.6 Å². The fourth-order valence-corrected chi connectivity index (χ4v) is 3.46. The molecule has 0 aromatic rings. The average Bonchev–Trinajstić information content (AvgIpc) is 2.60. The maximum absolute atomic E-state index is 11.4. The highest BCUT2D eigenvalue weighted by atomic mass is 31.2. The first kappa shape index (κ1) is 12.7. The molecule has 15 heavy (non-hydrogen) atoms. The normalized spacial score (nSPS) is 31.5. The molecule has 1 heterocycles. The highest BCUT2D eigenvalue weighted by molar-refractivity contribution is 7.54. The van der Waals surface area contributed by atoms with E-state index in [0.29, 0.717) is 0 Å². The molecule has 10 heteroatoms. The minimum atomic E-state index is -4.20. The largest absolute Gasteiger partial charge is 0.510 e. The van der Waals surface area contributed by atoms with E-state index < -0.39 is 33.5 Å². The Kier molecular flexibility index (Phi) is 3.92. The second-order valence-corrected chi connectivity index (χ2v) is 6.18. The Labute approximate surface area is 85.9 Å². The zero-order valence-electron chi connectivity index (χ0n) is 7.91. The molecule has 88 valence electrons. The third-order valence-electron chi connectivity index (χ3n) is 1.72. The van der Waals surface area contributed by atoms with Crippen molar-refractivity contribution in [3.8, 4) is 0 Å². The fraction of sp³-hybridized carbons (Fsp3) is 0.800. The molecule has 4 atom stereocenters. The van der Waals surface area contributed by atoms with Gasteiger partial charge in [0, 0.05) is 14.2 Å². The van der Waals surface area contributed by atoms with Gasteiger partial charge in [-0.2, -0.15) is 0 Å². The van der Waals surface area contributed by atoms with Gasteiger partial charge in [-0.05, 0) is 0 Å². The zero-order chi connectivity index (χ0) is 11.6. The summed E-state index contributed by atoms with van der Waals surface area (Å²) in [5.41, 5.74) is 0. The van der Waals surface area contributed by atoms with E-state index in [9.17, 15) is 18.8 Å². The minimum Gasteiger partial charge on any atom is -0.416 e. The van der Waals surface area contributed by atoms with Gasteiger partial charge in [0.2, 0.25) is 13.9 Å². The summed E-state index contributed by atoms with van der Waals surface area (Å²) < 4.78 is 40.2. The van der Waals surface area contributed by atoms with E-state index in [4.69, 9.17) is 0 Å². The first-order chi connectivity index (χ1) is 6.92. The van der Waals surface area contributed by atoms with Crippen molar-refractivity contribution in [1.82, 2.24) is 0 Å². The molecule has 1 fully saturated rings. The van der Waals surface area contributed by atoms with Gasteiger partial charge in [0.25, 0.3) is 5.85 Å². The van der Waals surface area contributed by atoms with Crippen LogP contribution in [0.2, 0.25) is 0 Å². The Morgan fingerprint density at radius 3 is 2.53 bits per heavy atom. The number of hydrogen-bond donors (Lipinski definition) is 1. The molecule has 4 unspecified atom stereocenters. The van der Waals surface area contributed by atoms with Crippen molar-refractivity contribution >= 4 is 21.8 Å². The Balaban J connectivity index is 2.91. The number of carbonyl (C=O) groups excluding carboxylic acids is 1. The molecule has 0 aromatic heterocycles. The molecule has 0 aliphatic carbocycles. The summed E-state index contributed by atoms with van der Waals surface area (Å²) in [7, 11) is -4.92. The molecule has 0 radical (unpaired) electrons. The average molecular weight is 260 g/mol. The molecule has 0 spiro atoms. The number of carbonyl (C=O) groups is 1. The van der Waals surface area contributed by atoms with E-state index in [2.05, 4.69) is 18.5 Å². The molecule has 8 nitrogen and oxygen atoms in total. The van der Waals surface area contributed by atoms with Crippen LogP contribution in [0.4, 0.5) is 4.79 Å². The van der Waals surface area contributed by atoms with Crippen LogP contribution in [0.1, 0.15) is 0 Å².